The standard InChI is InChI=1S/C16H17NO/c1-11-8-9-12(2)16(10-11)17-15-7-5-4-6-14(15)13(3)18/h4-10,17H,1-3H3. The summed E-state index contributed by atoms with van der Waals surface area (Å²) in [6.45, 7) is 5.70. The molecule has 0 radical (unpaired) electrons. The molecule has 0 heterocycles. The van der Waals surface area contributed by atoms with Crippen molar-refractivity contribution in [1.82, 2.24) is 0 Å². The van der Waals surface area contributed by atoms with Gasteiger partial charge in [-0.3, -0.25) is 4.79 Å². The highest BCUT2D eigenvalue weighted by molar-refractivity contribution is 6.00. The van der Waals surface area contributed by atoms with E-state index in [1.807, 2.05) is 24.3 Å². The molecular weight excluding hydrogens is 222 g/mol. The number of hydrogen-bond acceptors (Lipinski definition) is 2. The van der Waals surface area contributed by atoms with Gasteiger partial charge in [0.05, 0.1) is 0 Å². The lowest BCUT2D eigenvalue weighted by Gasteiger charge is -2.13. The second-order valence-corrected chi connectivity index (χ2v) is 4.55. The van der Waals surface area contributed by atoms with E-state index in [-0.39, 0.29) is 5.78 Å². The molecule has 2 aromatic carbocycles. The van der Waals surface area contributed by atoms with Crippen LogP contribution in [0.25, 0.3) is 0 Å². The van der Waals surface area contributed by atoms with Crippen molar-refractivity contribution in [2.45, 2.75) is 20.8 Å². The molecule has 0 spiro atoms. The smallest absolute Gasteiger partial charge is 0.161 e. The minimum absolute atomic E-state index is 0.0726. The molecule has 0 saturated heterocycles. The molecule has 2 aromatic rings. The van der Waals surface area contributed by atoms with Gasteiger partial charge in [0.1, 0.15) is 0 Å². The van der Waals surface area contributed by atoms with E-state index in [1.54, 1.807) is 6.92 Å². The van der Waals surface area contributed by atoms with Gasteiger partial charge in [0.15, 0.2) is 5.78 Å². The van der Waals surface area contributed by atoms with Crippen LogP contribution in [0, 0.1) is 13.8 Å². The van der Waals surface area contributed by atoms with Crippen LogP contribution < -0.4 is 5.32 Å². The lowest BCUT2D eigenvalue weighted by molar-refractivity contribution is 0.101. The van der Waals surface area contributed by atoms with E-state index < -0.39 is 0 Å². The van der Waals surface area contributed by atoms with Gasteiger partial charge in [0.2, 0.25) is 0 Å². The molecule has 2 heteroatoms. The number of carbonyl (C=O) groups excluding carboxylic acids is 1. The predicted molar refractivity (Wildman–Crippen MR) is 75.6 cm³/mol. The highest BCUT2D eigenvalue weighted by atomic mass is 16.1. The van der Waals surface area contributed by atoms with E-state index in [9.17, 15) is 4.79 Å². The van der Waals surface area contributed by atoms with E-state index in [4.69, 9.17) is 0 Å². The van der Waals surface area contributed by atoms with Crippen LogP contribution in [-0.4, -0.2) is 5.78 Å². The maximum atomic E-state index is 11.6. The van der Waals surface area contributed by atoms with Crippen molar-refractivity contribution >= 4 is 17.2 Å². The summed E-state index contributed by atoms with van der Waals surface area (Å²) in [4.78, 5) is 11.6. The van der Waals surface area contributed by atoms with Gasteiger partial charge in [-0.1, -0.05) is 24.3 Å². The Bertz CT molecular complexity index is 587. The number of benzene rings is 2. The number of carbonyl (C=O) groups is 1. The van der Waals surface area contributed by atoms with Gasteiger partial charge in [-0.05, 0) is 50.1 Å². The molecule has 0 bridgehead atoms. The molecule has 0 unspecified atom stereocenters. The summed E-state index contributed by atoms with van der Waals surface area (Å²) in [5, 5.41) is 3.34. The number of hydrogen-bond donors (Lipinski definition) is 1. The minimum Gasteiger partial charge on any atom is -0.355 e. The SMILES string of the molecule is CC(=O)c1ccccc1Nc1cc(C)ccc1C. The molecular formula is C16H17NO. The normalized spacial score (nSPS) is 10.2. The average molecular weight is 239 g/mol. The Balaban J connectivity index is 2.40. The molecule has 2 nitrogen and oxygen atoms in total. The Morgan fingerprint density at radius 1 is 1.00 bits per heavy atom. The zero-order valence-electron chi connectivity index (χ0n) is 10.9. The van der Waals surface area contributed by atoms with Gasteiger partial charge < -0.3 is 5.32 Å². The van der Waals surface area contributed by atoms with Crippen LogP contribution in [0.2, 0.25) is 0 Å². The van der Waals surface area contributed by atoms with Crippen LogP contribution in [0.15, 0.2) is 42.5 Å². The Morgan fingerprint density at radius 3 is 2.44 bits per heavy atom. The molecule has 2 rings (SSSR count). The summed E-state index contributed by atoms with van der Waals surface area (Å²) in [6, 6.07) is 13.8. The number of Topliss-reactive ketones (excluding diaryl/α,β-unsaturated/α-hetero) is 1. The van der Waals surface area contributed by atoms with Crippen LogP contribution >= 0.6 is 0 Å². The molecule has 0 atom stereocenters. The number of anilines is 2. The van der Waals surface area contributed by atoms with Crippen molar-refractivity contribution in [2.24, 2.45) is 0 Å². The van der Waals surface area contributed by atoms with Crippen molar-refractivity contribution in [3.8, 4) is 0 Å². The van der Waals surface area contributed by atoms with Crippen LogP contribution in [0.1, 0.15) is 28.4 Å². The Hall–Kier alpha value is -2.09. The van der Waals surface area contributed by atoms with E-state index >= 15 is 0 Å². The summed E-state index contributed by atoms with van der Waals surface area (Å²) >= 11 is 0. The largest absolute Gasteiger partial charge is 0.355 e. The first-order valence-electron chi connectivity index (χ1n) is 6.02. The van der Waals surface area contributed by atoms with Crippen molar-refractivity contribution in [1.29, 1.82) is 0 Å². The zero-order chi connectivity index (χ0) is 13.1. The topological polar surface area (TPSA) is 29.1 Å². The summed E-state index contributed by atoms with van der Waals surface area (Å²) in [5.74, 6) is 0.0726. The van der Waals surface area contributed by atoms with Gasteiger partial charge in [0, 0.05) is 16.9 Å². The summed E-state index contributed by atoms with van der Waals surface area (Å²) in [5.41, 5.74) is 4.99. The maximum Gasteiger partial charge on any atom is 0.161 e. The van der Waals surface area contributed by atoms with E-state index in [0.29, 0.717) is 0 Å². The Labute approximate surface area is 108 Å². The first kappa shape index (κ1) is 12.4. The second kappa shape index (κ2) is 5.05. The Kier molecular flexibility index (Phi) is 3.47. The molecule has 18 heavy (non-hydrogen) atoms. The molecule has 1 N–H and O–H groups in total. The molecule has 92 valence electrons. The van der Waals surface area contributed by atoms with Gasteiger partial charge in [-0.2, -0.15) is 0 Å². The molecule has 0 aliphatic rings. The van der Waals surface area contributed by atoms with Crippen LogP contribution in [0.5, 0.6) is 0 Å². The maximum absolute atomic E-state index is 11.6. The van der Waals surface area contributed by atoms with E-state index in [1.165, 1.54) is 11.1 Å². The van der Waals surface area contributed by atoms with Crippen LogP contribution in [-0.2, 0) is 0 Å². The van der Waals surface area contributed by atoms with Gasteiger partial charge in [-0.25, -0.2) is 0 Å². The quantitative estimate of drug-likeness (QED) is 0.811. The summed E-state index contributed by atoms with van der Waals surface area (Å²) in [6.07, 6.45) is 0. The third kappa shape index (κ3) is 2.59. The number of aryl methyl sites for hydroxylation is 2. The van der Waals surface area contributed by atoms with Gasteiger partial charge in [0.25, 0.3) is 0 Å². The number of rotatable bonds is 3. The highest BCUT2D eigenvalue weighted by Crippen LogP contribution is 2.24. The number of ketones is 1. The van der Waals surface area contributed by atoms with E-state index in [0.717, 1.165) is 16.9 Å². The number of para-hydroxylation sites is 1. The first-order valence-corrected chi connectivity index (χ1v) is 6.02. The monoisotopic (exact) mass is 239 g/mol. The molecule has 0 aromatic heterocycles. The average Bonchev–Trinajstić information content (AvgIpc) is 2.34. The highest BCUT2D eigenvalue weighted by Gasteiger charge is 2.07. The van der Waals surface area contributed by atoms with Crippen molar-refractivity contribution in [3.63, 3.8) is 0 Å². The zero-order valence-corrected chi connectivity index (χ0v) is 10.9. The second-order valence-electron chi connectivity index (χ2n) is 4.55. The van der Waals surface area contributed by atoms with Crippen molar-refractivity contribution in [2.75, 3.05) is 5.32 Å². The fraction of sp³-hybridized carbons (Fsp3) is 0.188. The van der Waals surface area contributed by atoms with E-state index in [2.05, 4.69) is 37.4 Å². The molecule has 0 aliphatic carbocycles. The third-order valence-corrected chi connectivity index (χ3v) is 2.97. The van der Waals surface area contributed by atoms with Gasteiger partial charge in [-0.15, -0.1) is 0 Å². The summed E-state index contributed by atoms with van der Waals surface area (Å²) < 4.78 is 0. The lowest BCUT2D eigenvalue weighted by Crippen LogP contribution is -2.01. The predicted octanol–water partition coefficient (Wildman–Crippen LogP) is 4.25. The first-order chi connectivity index (χ1) is 8.58. The molecule has 0 saturated carbocycles. The van der Waals surface area contributed by atoms with Crippen molar-refractivity contribution < 1.29 is 4.79 Å². The molecule has 0 amide bonds. The fourth-order valence-corrected chi connectivity index (χ4v) is 1.91. The minimum atomic E-state index is 0.0726. The van der Waals surface area contributed by atoms with Gasteiger partial charge >= 0.3 is 0 Å². The summed E-state index contributed by atoms with van der Waals surface area (Å²) in [7, 11) is 0. The third-order valence-electron chi connectivity index (χ3n) is 2.97. The number of nitrogens with one attached hydrogen (secondary N) is 1. The van der Waals surface area contributed by atoms with Crippen molar-refractivity contribution in [3.05, 3.63) is 59.2 Å². The fourth-order valence-electron chi connectivity index (χ4n) is 1.91. The van der Waals surface area contributed by atoms with Crippen LogP contribution in [0.3, 0.4) is 0 Å². The Morgan fingerprint density at radius 2 is 1.72 bits per heavy atom. The molecule has 0 fully saturated rings. The molecule has 0 aliphatic heterocycles. The lowest BCUT2D eigenvalue weighted by atomic mass is 10.1. The van der Waals surface area contributed by atoms with Crippen LogP contribution in [0.4, 0.5) is 11.4 Å².